The van der Waals surface area contributed by atoms with Crippen LogP contribution in [0.1, 0.15) is 46.0 Å². The van der Waals surface area contributed by atoms with Gasteiger partial charge in [0.05, 0.1) is 0 Å². The van der Waals surface area contributed by atoms with Crippen molar-refractivity contribution in [2.45, 2.75) is 58.0 Å². The molecule has 0 aromatic rings. The van der Waals surface area contributed by atoms with Crippen LogP contribution in [-0.4, -0.2) is 25.3 Å². The fourth-order valence-electron chi connectivity index (χ4n) is 2.93. The highest BCUT2D eigenvalue weighted by Gasteiger charge is 2.27. The molecule has 1 aliphatic heterocycles. The molecule has 2 heteroatoms. The van der Waals surface area contributed by atoms with Gasteiger partial charge in [0.25, 0.3) is 0 Å². The third-order valence-corrected chi connectivity index (χ3v) is 4.13. The number of nitrogens with one attached hydrogen (secondary N) is 1. The lowest BCUT2D eigenvalue weighted by molar-refractivity contribution is 0.0681. The summed E-state index contributed by atoms with van der Waals surface area (Å²) in [5.74, 6) is 1.78. The molecule has 1 N–H and O–H groups in total. The van der Waals surface area contributed by atoms with Crippen LogP contribution in [0, 0.1) is 11.8 Å². The van der Waals surface area contributed by atoms with Crippen LogP contribution in [-0.2, 0) is 4.74 Å². The average molecular weight is 211 g/mol. The second-order valence-corrected chi connectivity index (χ2v) is 5.56. The summed E-state index contributed by atoms with van der Waals surface area (Å²) in [5.41, 5.74) is 0. The van der Waals surface area contributed by atoms with E-state index < -0.39 is 0 Å². The highest BCUT2D eigenvalue weighted by molar-refractivity contribution is 4.84. The van der Waals surface area contributed by atoms with Crippen molar-refractivity contribution in [3.05, 3.63) is 0 Å². The zero-order valence-corrected chi connectivity index (χ0v) is 10.2. The Kier molecular flexibility index (Phi) is 4.04. The standard InChI is InChI=1S/C13H25NO/c1-10-3-4-11(2)13(9-10)14-12-5-7-15-8-6-12/h10-14H,3-9H2,1-2H3. The maximum atomic E-state index is 5.40. The maximum Gasteiger partial charge on any atom is 0.0480 e. The zero-order valence-electron chi connectivity index (χ0n) is 10.2. The van der Waals surface area contributed by atoms with Gasteiger partial charge in [0.2, 0.25) is 0 Å². The Morgan fingerprint density at radius 3 is 2.47 bits per heavy atom. The molecule has 0 aromatic carbocycles. The Labute approximate surface area is 93.8 Å². The molecule has 1 saturated carbocycles. The molecule has 0 radical (unpaired) electrons. The van der Waals surface area contributed by atoms with Crippen LogP contribution in [0.4, 0.5) is 0 Å². The van der Waals surface area contributed by atoms with Gasteiger partial charge in [0.1, 0.15) is 0 Å². The van der Waals surface area contributed by atoms with E-state index in [0.29, 0.717) is 0 Å². The molecule has 2 fully saturated rings. The van der Waals surface area contributed by atoms with Crippen molar-refractivity contribution in [3.8, 4) is 0 Å². The van der Waals surface area contributed by atoms with E-state index in [4.69, 9.17) is 4.74 Å². The van der Waals surface area contributed by atoms with E-state index in [0.717, 1.165) is 37.1 Å². The van der Waals surface area contributed by atoms with Crippen molar-refractivity contribution in [2.24, 2.45) is 11.8 Å². The fraction of sp³-hybridized carbons (Fsp3) is 1.00. The summed E-state index contributed by atoms with van der Waals surface area (Å²) in [4.78, 5) is 0. The van der Waals surface area contributed by atoms with Gasteiger partial charge < -0.3 is 10.1 Å². The van der Waals surface area contributed by atoms with E-state index in [9.17, 15) is 0 Å². The van der Waals surface area contributed by atoms with E-state index in [1.807, 2.05) is 0 Å². The molecule has 15 heavy (non-hydrogen) atoms. The Morgan fingerprint density at radius 1 is 1.00 bits per heavy atom. The molecule has 0 amide bonds. The highest BCUT2D eigenvalue weighted by Crippen LogP contribution is 2.29. The number of ether oxygens (including phenoxy) is 1. The van der Waals surface area contributed by atoms with Crippen molar-refractivity contribution in [1.82, 2.24) is 5.32 Å². The maximum absolute atomic E-state index is 5.40. The van der Waals surface area contributed by atoms with Crippen LogP contribution >= 0.6 is 0 Å². The first kappa shape index (κ1) is 11.4. The third kappa shape index (κ3) is 3.18. The summed E-state index contributed by atoms with van der Waals surface area (Å²) in [7, 11) is 0. The minimum atomic E-state index is 0.719. The van der Waals surface area contributed by atoms with Crippen molar-refractivity contribution < 1.29 is 4.74 Å². The van der Waals surface area contributed by atoms with E-state index >= 15 is 0 Å². The predicted octanol–water partition coefficient (Wildman–Crippen LogP) is 2.58. The van der Waals surface area contributed by atoms with Crippen molar-refractivity contribution in [1.29, 1.82) is 0 Å². The van der Waals surface area contributed by atoms with Gasteiger partial charge in [0.15, 0.2) is 0 Å². The molecule has 1 saturated heterocycles. The van der Waals surface area contributed by atoms with E-state index in [1.165, 1.54) is 32.1 Å². The molecular weight excluding hydrogens is 186 g/mol. The van der Waals surface area contributed by atoms with Gasteiger partial charge in [-0.05, 0) is 37.5 Å². The molecule has 2 aliphatic rings. The minimum Gasteiger partial charge on any atom is -0.381 e. The quantitative estimate of drug-likeness (QED) is 0.758. The smallest absolute Gasteiger partial charge is 0.0480 e. The molecule has 1 aliphatic carbocycles. The monoisotopic (exact) mass is 211 g/mol. The first-order valence-electron chi connectivity index (χ1n) is 6.59. The van der Waals surface area contributed by atoms with E-state index in [1.54, 1.807) is 0 Å². The molecule has 2 rings (SSSR count). The van der Waals surface area contributed by atoms with Gasteiger partial charge in [-0.3, -0.25) is 0 Å². The second kappa shape index (κ2) is 5.31. The predicted molar refractivity (Wildman–Crippen MR) is 62.9 cm³/mol. The molecule has 0 aromatic heterocycles. The molecule has 3 atom stereocenters. The zero-order chi connectivity index (χ0) is 10.7. The van der Waals surface area contributed by atoms with Crippen LogP contribution in [0.2, 0.25) is 0 Å². The number of rotatable bonds is 2. The van der Waals surface area contributed by atoms with Crippen molar-refractivity contribution >= 4 is 0 Å². The Hall–Kier alpha value is -0.0800. The molecule has 0 spiro atoms. The van der Waals surface area contributed by atoms with Crippen molar-refractivity contribution in [3.63, 3.8) is 0 Å². The first-order chi connectivity index (χ1) is 7.25. The van der Waals surface area contributed by atoms with Gasteiger partial charge in [-0.15, -0.1) is 0 Å². The lowest BCUT2D eigenvalue weighted by Crippen LogP contribution is -2.46. The first-order valence-corrected chi connectivity index (χ1v) is 6.59. The average Bonchev–Trinajstić information content (AvgIpc) is 2.25. The lowest BCUT2D eigenvalue weighted by Gasteiger charge is -2.37. The van der Waals surface area contributed by atoms with Gasteiger partial charge in [-0.1, -0.05) is 20.3 Å². The SMILES string of the molecule is CC1CCC(C)C(NC2CCOCC2)C1. The van der Waals surface area contributed by atoms with Crippen LogP contribution in [0.5, 0.6) is 0 Å². The largest absolute Gasteiger partial charge is 0.381 e. The Morgan fingerprint density at radius 2 is 1.73 bits per heavy atom. The van der Waals surface area contributed by atoms with Crippen LogP contribution in [0.15, 0.2) is 0 Å². The summed E-state index contributed by atoms with van der Waals surface area (Å²) in [6, 6.07) is 1.48. The molecular formula is C13H25NO. The summed E-state index contributed by atoms with van der Waals surface area (Å²) in [5, 5.41) is 3.86. The second-order valence-electron chi connectivity index (χ2n) is 5.56. The minimum absolute atomic E-state index is 0.719. The van der Waals surface area contributed by atoms with Gasteiger partial charge in [-0.2, -0.15) is 0 Å². The Bertz CT molecular complexity index is 189. The van der Waals surface area contributed by atoms with E-state index in [2.05, 4.69) is 19.2 Å². The highest BCUT2D eigenvalue weighted by atomic mass is 16.5. The van der Waals surface area contributed by atoms with Crippen molar-refractivity contribution in [2.75, 3.05) is 13.2 Å². The molecule has 88 valence electrons. The summed E-state index contributed by atoms with van der Waals surface area (Å²) < 4.78 is 5.40. The van der Waals surface area contributed by atoms with Crippen LogP contribution < -0.4 is 5.32 Å². The summed E-state index contributed by atoms with van der Waals surface area (Å²) in [6.07, 6.45) is 6.61. The summed E-state index contributed by atoms with van der Waals surface area (Å²) in [6.45, 7) is 6.70. The third-order valence-electron chi connectivity index (χ3n) is 4.13. The summed E-state index contributed by atoms with van der Waals surface area (Å²) >= 11 is 0. The number of hydrogen-bond acceptors (Lipinski definition) is 2. The topological polar surface area (TPSA) is 21.3 Å². The van der Waals surface area contributed by atoms with Gasteiger partial charge >= 0.3 is 0 Å². The number of hydrogen-bond donors (Lipinski definition) is 1. The molecule has 0 bridgehead atoms. The molecule has 2 nitrogen and oxygen atoms in total. The fourth-order valence-corrected chi connectivity index (χ4v) is 2.93. The molecule has 1 heterocycles. The van der Waals surface area contributed by atoms with Gasteiger partial charge in [0, 0.05) is 25.3 Å². The van der Waals surface area contributed by atoms with Gasteiger partial charge in [-0.25, -0.2) is 0 Å². The lowest BCUT2D eigenvalue weighted by atomic mass is 9.79. The molecule has 3 unspecified atom stereocenters. The van der Waals surface area contributed by atoms with Crippen LogP contribution in [0.25, 0.3) is 0 Å². The van der Waals surface area contributed by atoms with E-state index in [-0.39, 0.29) is 0 Å². The normalized spacial score (nSPS) is 39.2. The Balaban J connectivity index is 1.80. The van der Waals surface area contributed by atoms with Crippen LogP contribution in [0.3, 0.4) is 0 Å².